The van der Waals surface area contributed by atoms with Crippen LogP contribution >= 0.6 is 0 Å². The van der Waals surface area contributed by atoms with Gasteiger partial charge in [-0.1, -0.05) is 6.07 Å². The fourth-order valence-electron chi connectivity index (χ4n) is 2.97. The third-order valence-corrected chi connectivity index (χ3v) is 4.36. The van der Waals surface area contributed by atoms with Gasteiger partial charge in [-0.3, -0.25) is 14.6 Å². The number of fused-ring (bicyclic) bond motifs is 1. The molecular weight excluding hydrogens is 310 g/mol. The van der Waals surface area contributed by atoms with Gasteiger partial charge in [-0.25, -0.2) is 4.79 Å². The maximum absolute atomic E-state index is 12.5. The molecule has 0 saturated carbocycles. The Morgan fingerprint density at radius 1 is 1.25 bits per heavy atom. The van der Waals surface area contributed by atoms with E-state index >= 15 is 0 Å². The molecule has 0 atom stereocenters. The number of aromatic nitrogens is 2. The van der Waals surface area contributed by atoms with Crippen molar-refractivity contribution in [1.82, 2.24) is 14.9 Å². The summed E-state index contributed by atoms with van der Waals surface area (Å²) in [7, 11) is 1.63. The van der Waals surface area contributed by atoms with Crippen molar-refractivity contribution in [3.8, 4) is 5.75 Å². The zero-order valence-electron chi connectivity index (χ0n) is 13.6. The second-order valence-corrected chi connectivity index (χ2v) is 5.89. The van der Waals surface area contributed by atoms with Crippen molar-refractivity contribution in [2.45, 2.75) is 26.3 Å². The molecule has 0 bridgehead atoms. The molecule has 0 radical (unpaired) electrons. The predicted molar refractivity (Wildman–Crippen MR) is 88.2 cm³/mol. The number of H-pyrrole nitrogens is 2. The fraction of sp³-hybridized carbons (Fsp3) is 0.353. The smallest absolute Gasteiger partial charge is 0.325 e. The van der Waals surface area contributed by atoms with Crippen LogP contribution in [-0.2, 0) is 24.2 Å². The topological polar surface area (TPSA) is 95.3 Å². The van der Waals surface area contributed by atoms with Crippen molar-refractivity contribution in [1.29, 1.82) is 0 Å². The van der Waals surface area contributed by atoms with Crippen molar-refractivity contribution >= 4 is 5.91 Å². The number of ether oxygens (including phenoxy) is 1. The van der Waals surface area contributed by atoms with Gasteiger partial charge >= 0.3 is 5.69 Å². The Hall–Kier alpha value is -2.83. The van der Waals surface area contributed by atoms with Gasteiger partial charge in [0.15, 0.2) is 0 Å². The summed E-state index contributed by atoms with van der Waals surface area (Å²) in [4.78, 5) is 42.1. The van der Waals surface area contributed by atoms with E-state index in [0.717, 1.165) is 17.7 Å². The van der Waals surface area contributed by atoms with Crippen molar-refractivity contribution in [3.05, 3.63) is 61.4 Å². The number of nitrogens with zero attached hydrogens (tertiary/aromatic N) is 1. The molecular formula is C17H19N3O4. The maximum atomic E-state index is 12.5. The molecule has 0 aliphatic carbocycles. The number of aryl methyl sites for hydroxylation is 1. The van der Waals surface area contributed by atoms with Crippen LogP contribution in [0.1, 0.15) is 22.4 Å². The van der Waals surface area contributed by atoms with Gasteiger partial charge in [0, 0.05) is 24.3 Å². The van der Waals surface area contributed by atoms with E-state index in [-0.39, 0.29) is 12.3 Å². The number of rotatable bonds is 3. The zero-order chi connectivity index (χ0) is 17.3. The van der Waals surface area contributed by atoms with Gasteiger partial charge in [-0.05, 0) is 36.6 Å². The lowest BCUT2D eigenvalue weighted by atomic mass is 9.99. The highest BCUT2D eigenvalue weighted by molar-refractivity contribution is 5.79. The lowest BCUT2D eigenvalue weighted by Gasteiger charge is -2.29. The first-order chi connectivity index (χ1) is 11.5. The first-order valence-electron chi connectivity index (χ1n) is 7.73. The Morgan fingerprint density at radius 3 is 2.75 bits per heavy atom. The van der Waals surface area contributed by atoms with Gasteiger partial charge in [0.2, 0.25) is 5.91 Å². The summed E-state index contributed by atoms with van der Waals surface area (Å²) in [6.07, 6.45) is 0.725. The van der Waals surface area contributed by atoms with Gasteiger partial charge in [0.25, 0.3) is 5.56 Å². The standard InChI is InChI=1S/C17H19N3O4/c1-10-14(16(22)19-17(23)18-10)8-15(21)20-6-5-11-7-13(24-2)4-3-12(11)9-20/h3-4,7H,5-6,8-9H2,1-2H3,(H2,18,19,22,23). The van der Waals surface area contributed by atoms with Crippen LogP contribution in [0.25, 0.3) is 0 Å². The number of nitrogens with one attached hydrogen (secondary N) is 2. The summed E-state index contributed by atoms with van der Waals surface area (Å²) in [5.41, 5.74) is 1.93. The molecule has 7 nitrogen and oxygen atoms in total. The zero-order valence-corrected chi connectivity index (χ0v) is 13.6. The Kier molecular flexibility index (Phi) is 4.24. The largest absolute Gasteiger partial charge is 0.497 e. The summed E-state index contributed by atoms with van der Waals surface area (Å²) in [5, 5.41) is 0. The number of benzene rings is 1. The highest BCUT2D eigenvalue weighted by Gasteiger charge is 2.22. The Labute approximate surface area is 138 Å². The molecule has 0 saturated heterocycles. The number of amides is 1. The predicted octanol–water partition coefficient (Wildman–Crippen LogP) is 0.508. The summed E-state index contributed by atoms with van der Waals surface area (Å²) >= 11 is 0. The minimum Gasteiger partial charge on any atom is -0.497 e. The molecule has 1 aromatic carbocycles. The van der Waals surface area contributed by atoms with Crippen LogP contribution < -0.4 is 16.0 Å². The summed E-state index contributed by atoms with van der Waals surface area (Å²) < 4.78 is 5.22. The van der Waals surface area contributed by atoms with E-state index in [1.54, 1.807) is 18.9 Å². The average molecular weight is 329 g/mol. The average Bonchev–Trinajstić information content (AvgIpc) is 2.56. The van der Waals surface area contributed by atoms with Crippen LogP contribution in [0.5, 0.6) is 5.75 Å². The number of carbonyl (C=O) groups excluding carboxylic acids is 1. The Morgan fingerprint density at radius 2 is 2.04 bits per heavy atom. The fourth-order valence-corrected chi connectivity index (χ4v) is 2.97. The summed E-state index contributed by atoms with van der Waals surface area (Å²) in [6.45, 7) is 2.73. The third kappa shape index (κ3) is 3.10. The summed E-state index contributed by atoms with van der Waals surface area (Å²) in [6, 6.07) is 5.84. The molecule has 1 aromatic heterocycles. The third-order valence-electron chi connectivity index (χ3n) is 4.36. The molecule has 7 heteroatoms. The lowest BCUT2D eigenvalue weighted by molar-refractivity contribution is -0.131. The molecule has 0 unspecified atom stereocenters. The van der Waals surface area contributed by atoms with Gasteiger partial charge in [-0.2, -0.15) is 0 Å². The molecule has 3 rings (SSSR count). The summed E-state index contributed by atoms with van der Waals surface area (Å²) in [5.74, 6) is 0.682. The first kappa shape index (κ1) is 16.0. The second-order valence-electron chi connectivity index (χ2n) is 5.89. The number of aromatic amines is 2. The van der Waals surface area contributed by atoms with E-state index in [1.165, 1.54) is 5.56 Å². The molecule has 1 aliphatic heterocycles. The molecule has 1 amide bonds. The second kappa shape index (κ2) is 6.35. The van der Waals surface area contributed by atoms with E-state index < -0.39 is 11.2 Å². The first-order valence-corrected chi connectivity index (χ1v) is 7.73. The normalized spacial score (nSPS) is 13.5. The Bertz CT molecular complexity index is 897. The van der Waals surface area contributed by atoms with Crippen LogP contribution in [-0.4, -0.2) is 34.4 Å². The van der Waals surface area contributed by atoms with Crippen molar-refractivity contribution in [3.63, 3.8) is 0 Å². The number of hydrogen-bond acceptors (Lipinski definition) is 4. The molecule has 2 N–H and O–H groups in total. The van der Waals surface area contributed by atoms with Crippen LogP contribution in [0.3, 0.4) is 0 Å². The monoisotopic (exact) mass is 329 g/mol. The van der Waals surface area contributed by atoms with Crippen LogP contribution in [0.15, 0.2) is 27.8 Å². The van der Waals surface area contributed by atoms with Gasteiger partial charge in [-0.15, -0.1) is 0 Å². The highest BCUT2D eigenvalue weighted by Crippen LogP contribution is 2.24. The van der Waals surface area contributed by atoms with Gasteiger partial charge in [0.1, 0.15) is 5.75 Å². The lowest BCUT2D eigenvalue weighted by Crippen LogP contribution is -2.38. The molecule has 2 aromatic rings. The number of carbonyl (C=O) groups is 1. The van der Waals surface area contributed by atoms with Crippen LogP contribution in [0, 0.1) is 6.92 Å². The van der Waals surface area contributed by atoms with Gasteiger partial charge in [0.05, 0.1) is 13.5 Å². The van der Waals surface area contributed by atoms with E-state index in [1.807, 2.05) is 18.2 Å². The molecule has 1 aliphatic rings. The quantitative estimate of drug-likeness (QED) is 0.857. The highest BCUT2D eigenvalue weighted by atomic mass is 16.5. The molecule has 0 fully saturated rings. The SMILES string of the molecule is COc1ccc2c(c1)CCN(C(=O)Cc1c(C)[nH]c(=O)[nH]c1=O)C2. The van der Waals surface area contributed by atoms with Crippen molar-refractivity contribution in [2.75, 3.05) is 13.7 Å². The van der Waals surface area contributed by atoms with E-state index in [2.05, 4.69) is 9.97 Å². The molecule has 2 heterocycles. The van der Waals surface area contributed by atoms with E-state index in [0.29, 0.717) is 24.3 Å². The minimum absolute atomic E-state index is 0.0244. The van der Waals surface area contributed by atoms with Gasteiger partial charge < -0.3 is 14.6 Å². The van der Waals surface area contributed by atoms with Crippen molar-refractivity contribution in [2.24, 2.45) is 0 Å². The van der Waals surface area contributed by atoms with Crippen molar-refractivity contribution < 1.29 is 9.53 Å². The van der Waals surface area contributed by atoms with Crippen LogP contribution in [0.2, 0.25) is 0 Å². The van der Waals surface area contributed by atoms with E-state index in [4.69, 9.17) is 4.74 Å². The minimum atomic E-state index is -0.561. The van der Waals surface area contributed by atoms with Crippen LogP contribution in [0.4, 0.5) is 0 Å². The number of hydrogen-bond donors (Lipinski definition) is 2. The Balaban J connectivity index is 1.77. The maximum Gasteiger partial charge on any atom is 0.325 e. The molecule has 0 spiro atoms. The molecule has 126 valence electrons. The van der Waals surface area contributed by atoms with E-state index in [9.17, 15) is 14.4 Å². The number of methoxy groups -OCH3 is 1. The molecule has 24 heavy (non-hydrogen) atoms.